The Morgan fingerprint density at radius 2 is 1.72 bits per heavy atom. The number of nitrogens with one attached hydrogen (secondary N) is 1. The molecule has 8 nitrogen and oxygen atoms in total. The summed E-state index contributed by atoms with van der Waals surface area (Å²) in [6.07, 6.45) is -2.07. The molecule has 0 bridgehead atoms. The minimum absolute atomic E-state index is 0.319. The molecule has 5 rings (SSSR count). The summed E-state index contributed by atoms with van der Waals surface area (Å²) in [5.41, 5.74) is 2.07. The van der Waals surface area contributed by atoms with Crippen molar-refractivity contribution in [1.29, 1.82) is 0 Å². The Balaban J connectivity index is 1.38. The van der Waals surface area contributed by atoms with Crippen molar-refractivity contribution in [1.82, 2.24) is 24.6 Å². The number of hydrogen-bond acceptors (Lipinski definition) is 5. The van der Waals surface area contributed by atoms with Crippen LogP contribution >= 0.6 is 0 Å². The minimum Gasteiger partial charge on any atom is -0.354 e. The van der Waals surface area contributed by atoms with Gasteiger partial charge in [-0.25, -0.2) is 19.4 Å². The van der Waals surface area contributed by atoms with Gasteiger partial charge < -0.3 is 15.1 Å². The van der Waals surface area contributed by atoms with Gasteiger partial charge in [0.15, 0.2) is 5.65 Å². The number of amides is 2. The summed E-state index contributed by atoms with van der Waals surface area (Å²) >= 11 is 0. The average Bonchev–Trinajstić information content (AvgIpc) is 3.08. The van der Waals surface area contributed by atoms with Crippen molar-refractivity contribution < 1.29 is 18.0 Å². The standard InChI is InChI=1S/C28H30F3N7O/c1-3-8-23-33-25(24-19(2)35-38(26(24)34-23)22-9-5-4-6-10-22)36-15-7-16-37(18-17-36)27(39)32-21-13-11-20(12-14-21)28(29,30)31/h4-6,9-14H,3,7-8,15-18H2,1-2H3,(H,32,39). The molecule has 2 aromatic carbocycles. The Bertz CT molecular complexity index is 1450. The van der Waals surface area contributed by atoms with Gasteiger partial charge in [-0.2, -0.15) is 18.3 Å². The van der Waals surface area contributed by atoms with E-state index in [9.17, 15) is 18.0 Å². The molecular weight excluding hydrogens is 507 g/mol. The zero-order chi connectivity index (χ0) is 27.6. The van der Waals surface area contributed by atoms with Gasteiger partial charge >= 0.3 is 12.2 Å². The molecular formula is C28H30F3N7O. The van der Waals surface area contributed by atoms with Crippen LogP contribution < -0.4 is 10.2 Å². The summed E-state index contributed by atoms with van der Waals surface area (Å²) in [6.45, 7) is 6.24. The predicted octanol–water partition coefficient (Wildman–Crippen LogP) is 5.84. The first-order valence-electron chi connectivity index (χ1n) is 13.0. The fraction of sp³-hybridized carbons (Fsp3) is 0.357. The lowest BCUT2D eigenvalue weighted by Crippen LogP contribution is -2.38. The molecule has 1 fully saturated rings. The fourth-order valence-corrected chi connectivity index (χ4v) is 4.80. The molecule has 1 aliphatic heterocycles. The van der Waals surface area contributed by atoms with Crippen LogP contribution in [0, 0.1) is 6.92 Å². The summed E-state index contributed by atoms with van der Waals surface area (Å²) in [6, 6.07) is 14.0. The van der Waals surface area contributed by atoms with Gasteiger partial charge in [-0.3, -0.25) is 0 Å². The molecule has 1 aliphatic rings. The number of alkyl halides is 3. The van der Waals surface area contributed by atoms with E-state index in [0.29, 0.717) is 38.3 Å². The highest BCUT2D eigenvalue weighted by Gasteiger charge is 2.30. The van der Waals surface area contributed by atoms with Crippen molar-refractivity contribution in [3.63, 3.8) is 0 Å². The van der Waals surface area contributed by atoms with Gasteiger partial charge in [0.1, 0.15) is 11.6 Å². The molecule has 3 heterocycles. The van der Waals surface area contributed by atoms with E-state index in [2.05, 4.69) is 17.1 Å². The highest BCUT2D eigenvalue weighted by molar-refractivity contribution is 5.91. The summed E-state index contributed by atoms with van der Waals surface area (Å²) < 4.78 is 40.4. The van der Waals surface area contributed by atoms with Crippen molar-refractivity contribution in [2.45, 2.75) is 39.3 Å². The highest BCUT2D eigenvalue weighted by Crippen LogP contribution is 2.31. The Labute approximate surface area is 224 Å². The number of hydrogen-bond donors (Lipinski definition) is 1. The third-order valence-electron chi connectivity index (χ3n) is 6.75. The lowest BCUT2D eigenvalue weighted by Gasteiger charge is -2.24. The Morgan fingerprint density at radius 3 is 2.41 bits per heavy atom. The van der Waals surface area contributed by atoms with Crippen LogP contribution in [-0.4, -0.2) is 56.9 Å². The number of fused-ring (bicyclic) bond motifs is 1. The van der Waals surface area contributed by atoms with E-state index in [1.54, 1.807) is 4.90 Å². The van der Waals surface area contributed by atoms with Gasteiger partial charge in [0.25, 0.3) is 0 Å². The van der Waals surface area contributed by atoms with Crippen LogP contribution in [0.4, 0.5) is 29.5 Å². The number of anilines is 2. The molecule has 204 valence electrons. The summed E-state index contributed by atoms with van der Waals surface area (Å²) in [7, 11) is 0. The smallest absolute Gasteiger partial charge is 0.354 e. The van der Waals surface area contributed by atoms with E-state index in [4.69, 9.17) is 15.1 Å². The van der Waals surface area contributed by atoms with Crippen molar-refractivity contribution >= 4 is 28.6 Å². The average molecular weight is 538 g/mol. The van der Waals surface area contributed by atoms with Crippen molar-refractivity contribution in [3.8, 4) is 5.69 Å². The molecule has 0 aliphatic carbocycles. The number of carbonyl (C=O) groups is 1. The second-order valence-corrected chi connectivity index (χ2v) is 9.58. The largest absolute Gasteiger partial charge is 0.416 e. The second kappa shape index (κ2) is 10.9. The first kappa shape index (κ1) is 26.5. The van der Waals surface area contributed by atoms with Crippen LogP contribution in [0.3, 0.4) is 0 Å². The maximum atomic E-state index is 12.9. The first-order valence-corrected chi connectivity index (χ1v) is 13.0. The van der Waals surface area contributed by atoms with E-state index in [1.807, 2.05) is 41.9 Å². The zero-order valence-electron chi connectivity index (χ0n) is 21.9. The van der Waals surface area contributed by atoms with E-state index >= 15 is 0 Å². The van der Waals surface area contributed by atoms with Gasteiger partial charge in [0.05, 0.1) is 22.3 Å². The van der Waals surface area contributed by atoms with E-state index in [-0.39, 0.29) is 6.03 Å². The van der Waals surface area contributed by atoms with Crippen molar-refractivity contribution in [3.05, 3.63) is 71.7 Å². The number of nitrogens with zero attached hydrogens (tertiary/aromatic N) is 6. The number of halogens is 3. The molecule has 4 aromatic rings. The third-order valence-corrected chi connectivity index (χ3v) is 6.75. The Kier molecular flexibility index (Phi) is 7.40. The summed E-state index contributed by atoms with van der Waals surface area (Å²) in [5.74, 6) is 1.56. The lowest BCUT2D eigenvalue weighted by molar-refractivity contribution is -0.137. The number of benzene rings is 2. The van der Waals surface area contributed by atoms with E-state index in [0.717, 1.165) is 59.0 Å². The second-order valence-electron chi connectivity index (χ2n) is 9.58. The van der Waals surface area contributed by atoms with Gasteiger partial charge in [0.2, 0.25) is 0 Å². The molecule has 0 atom stereocenters. The molecule has 0 spiro atoms. The van der Waals surface area contributed by atoms with Crippen LogP contribution in [-0.2, 0) is 12.6 Å². The minimum atomic E-state index is -4.42. The van der Waals surface area contributed by atoms with Crippen molar-refractivity contribution in [2.24, 2.45) is 0 Å². The SMILES string of the molecule is CCCc1nc(N2CCCN(C(=O)Nc3ccc(C(F)(F)F)cc3)CC2)c2c(C)nn(-c3ccccc3)c2n1. The van der Waals surface area contributed by atoms with Gasteiger partial charge in [-0.15, -0.1) is 0 Å². The molecule has 2 amide bonds. The molecule has 2 aromatic heterocycles. The number of aryl methyl sites for hydroxylation is 2. The van der Waals surface area contributed by atoms with Gasteiger partial charge in [-0.05, 0) is 56.2 Å². The molecule has 11 heteroatoms. The third kappa shape index (κ3) is 5.67. The zero-order valence-corrected chi connectivity index (χ0v) is 21.9. The van der Waals surface area contributed by atoms with E-state index in [1.165, 1.54) is 12.1 Å². The van der Waals surface area contributed by atoms with Crippen LogP contribution in [0.2, 0.25) is 0 Å². The summed E-state index contributed by atoms with van der Waals surface area (Å²) in [5, 5.41) is 8.41. The Hall–Kier alpha value is -4.15. The number of aromatic nitrogens is 4. The topological polar surface area (TPSA) is 79.2 Å². The van der Waals surface area contributed by atoms with Crippen LogP contribution in [0.1, 0.15) is 36.8 Å². The van der Waals surface area contributed by atoms with Crippen molar-refractivity contribution in [2.75, 3.05) is 36.4 Å². The maximum absolute atomic E-state index is 12.9. The van der Waals surface area contributed by atoms with Crippen LogP contribution in [0.25, 0.3) is 16.7 Å². The van der Waals surface area contributed by atoms with Gasteiger partial charge in [-0.1, -0.05) is 25.1 Å². The van der Waals surface area contributed by atoms with Crippen LogP contribution in [0.5, 0.6) is 0 Å². The molecule has 0 unspecified atom stereocenters. The molecule has 0 saturated carbocycles. The number of rotatable bonds is 5. The number of carbonyl (C=O) groups excluding carboxylic acids is 1. The predicted molar refractivity (Wildman–Crippen MR) is 144 cm³/mol. The molecule has 0 radical (unpaired) electrons. The molecule has 1 N–H and O–H groups in total. The van der Waals surface area contributed by atoms with Crippen LogP contribution in [0.15, 0.2) is 54.6 Å². The summed E-state index contributed by atoms with van der Waals surface area (Å²) in [4.78, 5) is 26.6. The van der Waals surface area contributed by atoms with Gasteiger partial charge in [0, 0.05) is 38.3 Å². The number of para-hydroxylation sites is 1. The Morgan fingerprint density at radius 1 is 0.974 bits per heavy atom. The quantitative estimate of drug-likeness (QED) is 0.346. The first-order chi connectivity index (χ1) is 18.7. The fourth-order valence-electron chi connectivity index (χ4n) is 4.80. The maximum Gasteiger partial charge on any atom is 0.416 e. The molecule has 39 heavy (non-hydrogen) atoms. The van der Waals surface area contributed by atoms with E-state index < -0.39 is 11.7 Å². The highest BCUT2D eigenvalue weighted by atomic mass is 19.4. The lowest BCUT2D eigenvalue weighted by atomic mass is 10.2. The monoisotopic (exact) mass is 537 g/mol. The molecule has 1 saturated heterocycles. The number of urea groups is 1. The normalized spacial score (nSPS) is 14.5.